The first-order chi connectivity index (χ1) is 25.8. The van der Waals surface area contributed by atoms with Crippen molar-refractivity contribution in [3.05, 3.63) is 0 Å². The highest BCUT2D eigenvalue weighted by atomic mass is 16.8. The van der Waals surface area contributed by atoms with Crippen molar-refractivity contribution in [2.24, 2.45) is 17.2 Å². The summed E-state index contributed by atoms with van der Waals surface area (Å²) in [6.07, 6.45) is -0.157. The average molecular weight is 784 g/mol. The van der Waals surface area contributed by atoms with Crippen LogP contribution in [0.5, 0.6) is 0 Å². The molecule has 3 aliphatic rings. The van der Waals surface area contributed by atoms with Gasteiger partial charge in [0.05, 0.1) is 31.3 Å². The third-order valence-corrected chi connectivity index (χ3v) is 10.7. The number of hydrogen-bond acceptors (Lipinski definition) is 18. The molecule has 318 valence electrons. The fourth-order valence-electron chi connectivity index (χ4n) is 7.18. The van der Waals surface area contributed by atoms with Gasteiger partial charge in [-0.25, -0.2) is 0 Å². The molecule has 3 aliphatic heterocycles. The number of aliphatic hydroxyl groups is 8. The zero-order valence-electron chi connectivity index (χ0n) is 31.7. The standard InChI is InChI=1S/C36H69N3O15/c1-2-3-4-5-6-7-8-9-10-11-12-13-14-15-16-17-23(43)53-36(20-42)32(47)29(46)26(39)35(54-36)52-31-22(19-41)50-34(25(38)28(31)45)51-30-21(18-40)49-33(48)24(37)27(30)44/h21-22,24-35,40-42,44-48H,2-20,37-39H2,1H3/t21-,22-,24-,25-,26-,27-,28-,29-,30?,31?,32+,33-,34+,35+,36+/m1/s1. The third-order valence-electron chi connectivity index (χ3n) is 10.7. The van der Waals surface area contributed by atoms with Gasteiger partial charge in [-0.2, -0.15) is 0 Å². The molecule has 3 heterocycles. The molecule has 2 unspecified atom stereocenters. The summed E-state index contributed by atoms with van der Waals surface area (Å²) in [7, 11) is 0. The van der Waals surface area contributed by atoms with E-state index in [-0.39, 0.29) is 6.42 Å². The Bertz CT molecular complexity index is 1050. The maximum atomic E-state index is 12.9. The number of esters is 1. The summed E-state index contributed by atoms with van der Waals surface area (Å²) in [4.78, 5) is 12.9. The first-order valence-corrected chi connectivity index (χ1v) is 19.9. The zero-order chi connectivity index (χ0) is 39.8. The van der Waals surface area contributed by atoms with Crippen LogP contribution in [-0.2, 0) is 33.2 Å². The summed E-state index contributed by atoms with van der Waals surface area (Å²) in [5.41, 5.74) is 18.1. The summed E-state index contributed by atoms with van der Waals surface area (Å²) in [6.45, 7) is -0.329. The van der Waals surface area contributed by atoms with Crippen molar-refractivity contribution < 1.29 is 74.1 Å². The third kappa shape index (κ3) is 12.9. The number of ether oxygens (including phenoxy) is 6. The molecule has 0 amide bonds. The van der Waals surface area contributed by atoms with Crippen molar-refractivity contribution in [2.45, 2.75) is 201 Å². The van der Waals surface area contributed by atoms with Gasteiger partial charge in [0.1, 0.15) is 55.4 Å². The minimum absolute atomic E-state index is 0.0382. The van der Waals surface area contributed by atoms with Gasteiger partial charge in [0.15, 0.2) is 18.9 Å². The van der Waals surface area contributed by atoms with Crippen molar-refractivity contribution in [3.63, 3.8) is 0 Å². The van der Waals surface area contributed by atoms with Gasteiger partial charge in [-0.1, -0.05) is 96.8 Å². The molecule has 0 aromatic carbocycles. The smallest absolute Gasteiger partial charge is 0.308 e. The van der Waals surface area contributed by atoms with Crippen LogP contribution >= 0.6 is 0 Å². The van der Waals surface area contributed by atoms with Crippen molar-refractivity contribution in [1.82, 2.24) is 0 Å². The van der Waals surface area contributed by atoms with E-state index in [0.717, 1.165) is 25.7 Å². The van der Waals surface area contributed by atoms with Crippen molar-refractivity contribution in [1.29, 1.82) is 0 Å². The molecule has 0 aromatic heterocycles. The molecule has 0 spiro atoms. The van der Waals surface area contributed by atoms with Crippen LogP contribution in [0.15, 0.2) is 0 Å². The van der Waals surface area contributed by atoms with Crippen LogP contribution < -0.4 is 17.2 Å². The van der Waals surface area contributed by atoms with Crippen molar-refractivity contribution in [3.8, 4) is 0 Å². The summed E-state index contributed by atoms with van der Waals surface area (Å²) in [5.74, 6) is -3.27. The number of hydrogen-bond donors (Lipinski definition) is 11. The monoisotopic (exact) mass is 783 g/mol. The SMILES string of the molecule is CCCCCCCCCCCCCCCCCC(=O)O[C@@]1(CO)O[C@H](OC2[C@@H](CO)O[C@@H](OC3[C@@H](CO)O[C@@H](O)[C@H](N)[C@H]3O)[C@H](N)[C@H]2O)[C@H](N)[C@@H](O)[C@@H]1O. The Morgan fingerprint density at radius 3 is 1.56 bits per heavy atom. The molecule has 3 rings (SSSR count). The quantitative estimate of drug-likeness (QED) is 0.0390. The van der Waals surface area contributed by atoms with Crippen LogP contribution in [0, 0.1) is 0 Å². The molecular formula is C36H69N3O15. The first-order valence-electron chi connectivity index (χ1n) is 19.9. The molecule has 54 heavy (non-hydrogen) atoms. The lowest BCUT2D eigenvalue weighted by Crippen LogP contribution is -2.72. The topological polar surface area (TPSA) is 312 Å². The van der Waals surface area contributed by atoms with E-state index in [2.05, 4.69) is 6.92 Å². The van der Waals surface area contributed by atoms with Gasteiger partial charge in [-0.05, 0) is 6.42 Å². The molecule has 14 N–H and O–H groups in total. The lowest BCUT2D eigenvalue weighted by atomic mass is 9.93. The van der Waals surface area contributed by atoms with Gasteiger partial charge in [-0.3, -0.25) is 4.79 Å². The van der Waals surface area contributed by atoms with E-state index in [1.807, 2.05) is 0 Å². The van der Waals surface area contributed by atoms with Gasteiger partial charge >= 0.3 is 5.97 Å². The van der Waals surface area contributed by atoms with Gasteiger partial charge < -0.3 is 86.5 Å². The zero-order valence-corrected chi connectivity index (χ0v) is 31.7. The molecule has 0 aliphatic carbocycles. The van der Waals surface area contributed by atoms with Crippen LogP contribution in [0.2, 0.25) is 0 Å². The normalized spacial score (nSPS) is 38.7. The van der Waals surface area contributed by atoms with Crippen LogP contribution in [0.1, 0.15) is 110 Å². The van der Waals surface area contributed by atoms with E-state index in [9.17, 15) is 45.6 Å². The molecule has 15 atom stereocenters. The van der Waals surface area contributed by atoms with Crippen LogP contribution in [0.4, 0.5) is 0 Å². The van der Waals surface area contributed by atoms with E-state index in [1.54, 1.807) is 0 Å². The summed E-state index contributed by atoms with van der Waals surface area (Å²) in [5, 5.41) is 83.5. The predicted molar refractivity (Wildman–Crippen MR) is 192 cm³/mol. The number of nitrogens with two attached hydrogens (primary N) is 3. The first kappa shape index (κ1) is 47.2. The minimum Gasteiger partial charge on any atom is -0.427 e. The second kappa shape index (κ2) is 23.9. The second-order valence-corrected chi connectivity index (χ2v) is 15.0. The molecule has 3 fully saturated rings. The Labute approximate surface area is 318 Å². The number of unbranched alkanes of at least 4 members (excludes halogenated alkanes) is 14. The average Bonchev–Trinajstić information content (AvgIpc) is 3.16. The molecular weight excluding hydrogens is 714 g/mol. The fraction of sp³-hybridized carbons (Fsp3) is 0.972. The Morgan fingerprint density at radius 1 is 0.611 bits per heavy atom. The molecule has 0 radical (unpaired) electrons. The predicted octanol–water partition coefficient (Wildman–Crippen LogP) is -1.54. The fourth-order valence-corrected chi connectivity index (χ4v) is 7.18. The lowest BCUT2D eigenvalue weighted by molar-refractivity contribution is -0.399. The van der Waals surface area contributed by atoms with Gasteiger partial charge in [0, 0.05) is 6.42 Å². The number of carbonyl (C=O) groups excluding carboxylic acids is 1. The lowest BCUT2D eigenvalue weighted by Gasteiger charge is -2.50. The Kier molecular flexibility index (Phi) is 20.9. The molecule has 3 saturated heterocycles. The van der Waals surface area contributed by atoms with E-state index < -0.39 is 117 Å². The maximum absolute atomic E-state index is 12.9. The van der Waals surface area contributed by atoms with Crippen molar-refractivity contribution >= 4 is 5.97 Å². The Balaban J connectivity index is 1.48. The second-order valence-electron chi connectivity index (χ2n) is 15.0. The van der Waals surface area contributed by atoms with E-state index in [1.165, 1.54) is 64.2 Å². The highest BCUT2D eigenvalue weighted by Gasteiger charge is 2.58. The molecule has 18 heteroatoms. The van der Waals surface area contributed by atoms with E-state index in [0.29, 0.717) is 6.42 Å². The van der Waals surface area contributed by atoms with Gasteiger partial charge in [0.2, 0.25) is 0 Å². The minimum atomic E-state index is -2.48. The van der Waals surface area contributed by atoms with Crippen molar-refractivity contribution in [2.75, 3.05) is 19.8 Å². The van der Waals surface area contributed by atoms with E-state index >= 15 is 0 Å². The van der Waals surface area contributed by atoms with Crippen LogP contribution in [-0.4, -0.2) is 158 Å². The molecule has 0 bridgehead atoms. The van der Waals surface area contributed by atoms with Gasteiger partial charge in [-0.15, -0.1) is 0 Å². The number of carbonyl (C=O) groups is 1. The van der Waals surface area contributed by atoms with Crippen LogP contribution in [0.25, 0.3) is 0 Å². The Morgan fingerprint density at radius 2 is 1.06 bits per heavy atom. The number of aliphatic hydroxyl groups excluding tert-OH is 8. The van der Waals surface area contributed by atoms with Gasteiger partial charge in [0.25, 0.3) is 5.79 Å². The highest BCUT2D eigenvalue weighted by molar-refractivity contribution is 5.69. The Hall–Kier alpha value is -1.17. The largest absolute Gasteiger partial charge is 0.427 e. The molecule has 0 saturated carbocycles. The maximum Gasteiger partial charge on any atom is 0.308 e. The van der Waals surface area contributed by atoms with Crippen LogP contribution in [0.3, 0.4) is 0 Å². The number of rotatable bonds is 24. The summed E-state index contributed by atoms with van der Waals surface area (Å²) < 4.78 is 33.7. The summed E-state index contributed by atoms with van der Waals surface area (Å²) in [6, 6.07) is -4.25. The molecule has 0 aromatic rings. The van der Waals surface area contributed by atoms with E-state index in [4.69, 9.17) is 45.6 Å². The summed E-state index contributed by atoms with van der Waals surface area (Å²) >= 11 is 0. The molecule has 18 nitrogen and oxygen atoms in total. The highest BCUT2D eigenvalue weighted by Crippen LogP contribution is 2.35.